The average Bonchev–Trinajstić information content (AvgIpc) is 1.98. The van der Waals surface area contributed by atoms with Gasteiger partial charge in [-0.2, -0.15) is 0 Å². The summed E-state index contributed by atoms with van der Waals surface area (Å²) in [5.74, 6) is 2.83. The summed E-state index contributed by atoms with van der Waals surface area (Å²) >= 11 is 6.25. The molecule has 2 saturated carbocycles. The summed E-state index contributed by atoms with van der Waals surface area (Å²) in [5.41, 5.74) is 1.62. The van der Waals surface area contributed by atoms with Gasteiger partial charge in [-0.1, -0.05) is 17.2 Å². The van der Waals surface area contributed by atoms with Gasteiger partial charge in [-0.15, -0.1) is 0 Å². The summed E-state index contributed by atoms with van der Waals surface area (Å²) in [6.45, 7) is 0. The van der Waals surface area contributed by atoms with Gasteiger partial charge in [0.25, 0.3) is 0 Å². The molecule has 0 amide bonds. The van der Waals surface area contributed by atoms with E-state index < -0.39 is 0 Å². The zero-order valence-corrected chi connectivity index (χ0v) is 7.40. The Hall–Kier alpha value is 0.0300. The maximum absolute atomic E-state index is 6.25. The van der Waals surface area contributed by atoms with Crippen molar-refractivity contribution in [3.63, 3.8) is 0 Å². The highest BCUT2D eigenvalue weighted by molar-refractivity contribution is 6.30. The molecule has 0 aromatic heterocycles. The molecule has 0 aromatic carbocycles. The maximum atomic E-state index is 6.25. The van der Waals surface area contributed by atoms with Crippen LogP contribution >= 0.6 is 11.6 Å². The standard InChI is InChI=1S/C10H13Cl/c11-10-8-2-6-1-7(4-8)5-9(10)3-6/h6-8H,1-5H2. The molecule has 0 aromatic rings. The summed E-state index contributed by atoms with van der Waals surface area (Å²) in [5, 5.41) is 1.26. The smallest absolute Gasteiger partial charge is 0.0204 e. The van der Waals surface area contributed by atoms with Crippen molar-refractivity contribution < 1.29 is 0 Å². The third kappa shape index (κ3) is 0.823. The Morgan fingerprint density at radius 2 is 1.64 bits per heavy atom. The van der Waals surface area contributed by atoms with Crippen LogP contribution in [0, 0.1) is 17.8 Å². The second-order valence-electron chi connectivity index (χ2n) is 4.50. The predicted molar refractivity (Wildman–Crippen MR) is 46.4 cm³/mol. The Morgan fingerprint density at radius 3 is 2.18 bits per heavy atom. The topological polar surface area (TPSA) is 0 Å². The van der Waals surface area contributed by atoms with Crippen LogP contribution in [0.25, 0.3) is 0 Å². The lowest BCUT2D eigenvalue weighted by Crippen LogP contribution is -2.33. The molecule has 0 nitrogen and oxygen atoms in total. The van der Waals surface area contributed by atoms with Crippen LogP contribution in [0.2, 0.25) is 0 Å². The third-order valence-electron chi connectivity index (χ3n) is 3.67. The highest BCUT2D eigenvalue weighted by Crippen LogP contribution is 2.54. The monoisotopic (exact) mass is 168 g/mol. The first kappa shape index (κ1) is 6.54. The average molecular weight is 169 g/mol. The molecular weight excluding hydrogens is 156 g/mol. The van der Waals surface area contributed by atoms with Crippen molar-refractivity contribution in [2.45, 2.75) is 32.1 Å². The van der Waals surface area contributed by atoms with Gasteiger partial charge in [0.2, 0.25) is 0 Å². The molecule has 0 spiro atoms. The number of halogens is 1. The second-order valence-corrected chi connectivity index (χ2v) is 4.90. The van der Waals surface area contributed by atoms with Gasteiger partial charge in [-0.05, 0) is 49.9 Å². The highest BCUT2D eigenvalue weighted by Gasteiger charge is 2.40. The van der Waals surface area contributed by atoms with Crippen molar-refractivity contribution in [3.8, 4) is 0 Å². The Bertz CT molecular complexity index is 213. The molecular formula is C10H13Cl. The Kier molecular flexibility index (Phi) is 1.21. The van der Waals surface area contributed by atoms with E-state index in [1.165, 1.54) is 37.1 Å². The molecule has 4 bridgehead atoms. The summed E-state index contributed by atoms with van der Waals surface area (Å²) < 4.78 is 0. The van der Waals surface area contributed by atoms with Gasteiger partial charge in [-0.3, -0.25) is 0 Å². The predicted octanol–water partition coefficient (Wildman–Crippen LogP) is 3.32. The van der Waals surface area contributed by atoms with E-state index in [1.807, 2.05) is 0 Å². The van der Waals surface area contributed by atoms with Crippen molar-refractivity contribution in [1.29, 1.82) is 0 Å². The lowest BCUT2D eigenvalue weighted by molar-refractivity contribution is 0.164. The number of hydrogen-bond acceptors (Lipinski definition) is 0. The van der Waals surface area contributed by atoms with Crippen LogP contribution in [0.15, 0.2) is 10.6 Å². The van der Waals surface area contributed by atoms with Crippen LogP contribution in [0.5, 0.6) is 0 Å². The van der Waals surface area contributed by atoms with E-state index in [0.29, 0.717) is 0 Å². The molecule has 1 heteroatoms. The minimum atomic E-state index is 0.790. The van der Waals surface area contributed by atoms with Crippen LogP contribution < -0.4 is 0 Å². The van der Waals surface area contributed by atoms with Gasteiger partial charge < -0.3 is 0 Å². The fourth-order valence-corrected chi connectivity index (χ4v) is 3.70. The molecule has 0 radical (unpaired) electrons. The number of hydrogen-bond donors (Lipinski definition) is 0. The first-order valence-electron chi connectivity index (χ1n) is 4.70. The van der Waals surface area contributed by atoms with Crippen LogP contribution in [0.3, 0.4) is 0 Å². The SMILES string of the molecule is ClC1=C2CC3CC(C2)CC1C3. The molecule has 2 unspecified atom stereocenters. The molecule has 0 N–H and O–H groups in total. The minimum Gasteiger partial charge on any atom is -0.0889 e. The number of rotatable bonds is 0. The van der Waals surface area contributed by atoms with Gasteiger partial charge in [0.1, 0.15) is 0 Å². The minimum absolute atomic E-state index is 0.790. The van der Waals surface area contributed by atoms with Crippen LogP contribution in [0.1, 0.15) is 32.1 Å². The summed E-state index contributed by atoms with van der Waals surface area (Å²) in [6.07, 6.45) is 6.99. The molecule has 4 rings (SSSR count). The van der Waals surface area contributed by atoms with E-state index in [1.54, 1.807) is 5.57 Å². The normalized spacial score (nSPS) is 47.2. The zero-order chi connectivity index (χ0) is 7.42. The lowest BCUT2D eigenvalue weighted by atomic mass is 9.61. The Labute approximate surface area is 72.6 Å². The lowest BCUT2D eigenvalue weighted by Gasteiger charge is -2.46. The molecule has 0 saturated heterocycles. The fourth-order valence-electron chi connectivity index (χ4n) is 3.37. The van der Waals surface area contributed by atoms with Crippen molar-refractivity contribution >= 4 is 11.6 Å². The van der Waals surface area contributed by atoms with E-state index in [-0.39, 0.29) is 0 Å². The molecule has 4 aliphatic rings. The second kappa shape index (κ2) is 2.04. The van der Waals surface area contributed by atoms with Gasteiger partial charge in [0.05, 0.1) is 0 Å². The maximum Gasteiger partial charge on any atom is 0.0204 e. The van der Waals surface area contributed by atoms with Crippen LogP contribution in [-0.2, 0) is 0 Å². The Morgan fingerprint density at radius 1 is 1.00 bits per heavy atom. The molecule has 60 valence electrons. The van der Waals surface area contributed by atoms with E-state index in [9.17, 15) is 0 Å². The summed E-state index contributed by atoms with van der Waals surface area (Å²) in [6, 6.07) is 0. The molecule has 2 atom stereocenters. The van der Waals surface area contributed by atoms with Crippen molar-refractivity contribution in [1.82, 2.24) is 0 Å². The molecule has 0 aliphatic heterocycles. The largest absolute Gasteiger partial charge is 0.0889 e. The molecule has 4 aliphatic carbocycles. The van der Waals surface area contributed by atoms with Gasteiger partial charge in [-0.25, -0.2) is 0 Å². The molecule has 2 fully saturated rings. The van der Waals surface area contributed by atoms with Crippen LogP contribution in [0.4, 0.5) is 0 Å². The summed E-state index contributed by atoms with van der Waals surface area (Å²) in [7, 11) is 0. The fraction of sp³-hybridized carbons (Fsp3) is 0.800. The van der Waals surface area contributed by atoms with Gasteiger partial charge in [0.15, 0.2) is 0 Å². The highest BCUT2D eigenvalue weighted by atomic mass is 35.5. The summed E-state index contributed by atoms with van der Waals surface area (Å²) in [4.78, 5) is 0. The zero-order valence-electron chi connectivity index (χ0n) is 6.65. The first-order valence-corrected chi connectivity index (χ1v) is 5.08. The van der Waals surface area contributed by atoms with Crippen molar-refractivity contribution in [2.24, 2.45) is 17.8 Å². The van der Waals surface area contributed by atoms with Crippen molar-refractivity contribution in [3.05, 3.63) is 10.6 Å². The van der Waals surface area contributed by atoms with Gasteiger partial charge in [0, 0.05) is 5.03 Å². The first-order chi connectivity index (χ1) is 5.33. The third-order valence-corrected chi connectivity index (χ3v) is 4.24. The van der Waals surface area contributed by atoms with E-state index >= 15 is 0 Å². The quantitative estimate of drug-likeness (QED) is 0.521. The molecule has 0 heterocycles. The van der Waals surface area contributed by atoms with E-state index in [0.717, 1.165) is 17.8 Å². The Balaban J connectivity index is 2.07. The van der Waals surface area contributed by atoms with E-state index in [2.05, 4.69) is 0 Å². The van der Waals surface area contributed by atoms with Crippen molar-refractivity contribution in [2.75, 3.05) is 0 Å². The molecule has 11 heavy (non-hydrogen) atoms. The van der Waals surface area contributed by atoms with Crippen LogP contribution in [-0.4, -0.2) is 0 Å². The number of allylic oxidation sites excluding steroid dienone is 2. The van der Waals surface area contributed by atoms with E-state index in [4.69, 9.17) is 11.6 Å². The van der Waals surface area contributed by atoms with Gasteiger partial charge >= 0.3 is 0 Å².